The molecule has 2 N–H and O–H groups in total. The Kier molecular flexibility index (Phi) is 5.76. The number of benzene rings is 2. The van der Waals surface area contributed by atoms with Crippen LogP contribution >= 0.6 is 0 Å². The van der Waals surface area contributed by atoms with E-state index in [1.54, 1.807) is 30.3 Å². The number of hydrogen-bond acceptors (Lipinski definition) is 5. The topological polar surface area (TPSA) is 97.0 Å². The average Bonchev–Trinajstić information content (AvgIpc) is 2.66. The van der Waals surface area contributed by atoms with Crippen molar-refractivity contribution in [3.63, 3.8) is 0 Å². The van der Waals surface area contributed by atoms with Crippen molar-refractivity contribution in [2.75, 3.05) is 6.61 Å². The molecule has 27 heavy (non-hydrogen) atoms. The molecule has 0 fully saturated rings. The van der Waals surface area contributed by atoms with Crippen molar-refractivity contribution >= 4 is 16.9 Å². The molecule has 0 amide bonds. The van der Waals surface area contributed by atoms with Gasteiger partial charge in [0.2, 0.25) is 0 Å². The first-order valence-corrected chi connectivity index (χ1v) is 8.72. The lowest BCUT2D eigenvalue weighted by atomic mass is 10.1. The fourth-order valence-corrected chi connectivity index (χ4v) is 2.92. The molecule has 0 unspecified atom stereocenters. The Hall–Kier alpha value is -3.28. The molecule has 3 aromatic rings. The molecule has 1 aromatic heterocycles. The Morgan fingerprint density at radius 1 is 1.04 bits per heavy atom. The maximum Gasteiger partial charge on any atom is 0.343 e. The molecule has 140 valence electrons. The zero-order chi connectivity index (χ0) is 19.2. The molecule has 0 aliphatic rings. The normalized spacial score (nSPS) is 10.8. The maximum atomic E-state index is 12.1. The highest BCUT2D eigenvalue weighted by atomic mass is 16.5. The number of carbonyl (C=O) groups is 1. The van der Waals surface area contributed by atoms with E-state index in [1.165, 1.54) is 0 Å². The quantitative estimate of drug-likeness (QED) is 0.466. The SMILES string of the molecule is O=C(O)CCc1ccccc1OCCCc1c(O)c2ccccc2oc1=O. The lowest BCUT2D eigenvalue weighted by molar-refractivity contribution is -0.136. The van der Waals surface area contributed by atoms with E-state index in [4.69, 9.17) is 14.3 Å². The largest absolute Gasteiger partial charge is 0.507 e. The van der Waals surface area contributed by atoms with E-state index in [0.29, 0.717) is 42.6 Å². The second kappa shape index (κ2) is 8.40. The molecule has 0 aliphatic carbocycles. The third kappa shape index (κ3) is 4.47. The van der Waals surface area contributed by atoms with E-state index in [1.807, 2.05) is 18.2 Å². The summed E-state index contributed by atoms with van der Waals surface area (Å²) >= 11 is 0. The summed E-state index contributed by atoms with van der Waals surface area (Å²) < 4.78 is 11.0. The van der Waals surface area contributed by atoms with Gasteiger partial charge in [-0.2, -0.15) is 0 Å². The van der Waals surface area contributed by atoms with Gasteiger partial charge in [0.05, 0.1) is 17.6 Å². The Bertz CT molecular complexity index is 1000. The molecule has 0 saturated heterocycles. The smallest absolute Gasteiger partial charge is 0.343 e. The van der Waals surface area contributed by atoms with E-state index < -0.39 is 11.6 Å². The van der Waals surface area contributed by atoms with E-state index >= 15 is 0 Å². The molecule has 2 aromatic carbocycles. The van der Waals surface area contributed by atoms with Gasteiger partial charge in [0.1, 0.15) is 17.1 Å². The molecule has 0 bridgehead atoms. The van der Waals surface area contributed by atoms with E-state index in [2.05, 4.69) is 0 Å². The van der Waals surface area contributed by atoms with Crippen LogP contribution in [0.5, 0.6) is 11.5 Å². The summed E-state index contributed by atoms with van der Waals surface area (Å²) in [5, 5.41) is 19.7. The van der Waals surface area contributed by atoms with Crippen LogP contribution in [0, 0.1) is 0 Å². The molecular formula is C21H20O6. The minimum absolute atomic E-state index is 0.0341. The minimum Gasteiger partial charge on any atom is -0.507 e. The van der Waals surface area contributed by atoms with Gasteiger partial charge in [-0.25, -0.2) is 4.79 Å². The van der Waals surface area contributed by atoms with Gasteiger partial charge in [0, 0.05) is 6.42 Å². The highest BCUT2D eigenvalue weighted by Gasteiger charge is 2.13. The first-order valence-electron chi connectivity index (χ1n) is 8.72. The van der Waals surface area contributed by atoms with Crippen LogP contribution in [0.4, 0.5) is 0 Å². The van der Waals surface area contributed by atoms with Gasteiger partial charge >= 0.3 is 11.6 Å². The summed E-state index contributed by atoms with van der Waals surface area (Å²) in [4.78, 5) is 22.9. The summed E-state index contributed by atoms with van der Waals surface area (Å²) in [6.45, 7) is 0.329. The van der Waals surface area contributed by atoms with Gasteiger partial charge in [-0.05, 0) is 43.0 Å². The molecule has 6 nitrogen and oxygen atoms in total. The zero-order valence-electron chi connectivity index (χ0n) is 14.7. The van der Waals surface area contributed by atoms with Crippen molar-refractivity contribution < 1.29 is 24.2 Å². The van der Waals surface area contributed by atoms with Gasteiger partial charge in [-0.1, -0.05) is 30.3 Å². The fourth-order valence-electron chi connectivity index (χ4n) is 2.92. The number of aryl methyl sites for hydroxylation is 1. The first kappa shape index (κ1) is 18.5. The summed E-state index contributed by atoms with van der Waals surface area (Å²) in [5.41, 5.74) is 0.866. The lowest BCUT2D eigenvalue weighted by Gasteiger charge is -2.11. The van der Waals surface area contributed by atoms with Crippen LogP contribution in [0.3, 0.4) is 0 Å². The highest BCUT2D eigenvalue weighted by Crippen LogP contribution is 2.27. The number of para-hydroxylation sites is 2. The summed E-state index contributed by atoms with van der Waals surface area (Å²) in [6, 6.07) is 14.1. The van der Waals surface area contributed by atoms with Gasteiger partial charge in [0.25, 0.3) is 0 Å². The molecule has 0 atom stereocenters. The third-order valence-corrected chi connectivity index (χ3v) is 4.29. The van der Waals surface area contributed by atoms with Crippen LogP contribution < -0.4 is 10.4 Å². The van der Waals surface area contributed by atoms with Gasteiger partial charge in [-0.15, -0.1) is 0 Å². The van der Waals surface area contributed by atoms with Crippen LogP contribution in [-0.4, -0.2) is 22.8 Å². The molecule has 0 aliphatic heterocycles. The van der Waals surface area contributed by atoms with Crippen LogP contribution in [0.15, 0.2) is 57.7 Å². The summed E-state index contributed by atoms with van der Waals surface area (Å²) in [6.07, 6.45) is 1.24. The maximum absolute atomic E-state index is 12.1. The number of aromatic hydroxyl groups is 1. The molecule has 1 heterocycles. The van der Waals surface area contributed by atoms with Crippen molar-refractivity contribution in [2.45, 2.75) is 25.7 Å². The molecule has 3 rings (SSSR count). The predicted octanol–water partition coefficient (Wildman–Crippen LogP) is 3.53. The van der Waals surface area contributed by atoms with E-state index in [9.17, 15) is 14.7 Å². The Morgan fingerprint density at radius 2 is 1.78 bits per heavy atom. The molecular weight excluding hydrogens is 348 g/mol. The highest BCUT2D eigenvalue weighted by molar-refractivity contribution is 5.83. The van der Waals surface area contributed by atoms with Gasteiger partial charge in [-0.3, -0.25) is 4.79 Å². The Balaban J connectivity index is 1.64. The lowest BCUT2D eigenvalue weighted by Crippen LogP contribution is -2.10. The van der Waals surface area contributed by atoms with Crippen LogP contribution in [0.25, 0.3) is 11.0 Å². The van der Waals surface area contributed by atoms with Crippen LogP contribution in [0.1, 0.15) is 24.0 Å². The van der Waals surface area contributed by atoms with Crippen molar-refractivity contribution in [2.24, 2.45) is 0 Å². The number of hydrogen-bond donors (Lipinski definition) is 2. The second-order valence-corrected chi connectivity index (χ2v) is 6.17. The zero-order valence-corrected chi connectivity index (χ0v) is 14.7. The molecule has 0 saturated carbocycles. The molecule has 0 radical (unpaired) electrons. The van der Waals surface area contributed by atoms with Crippen molar-refractivity contribution in [1.82, 2.24) is 0 Å². The Morgan fingerprint density at radius 3 is 2.59 bits per heavy atom. The molecule has 0 spiro atoms. The van der Waals surface area contributed by atoms with Crippen molar-refractivity contribution in [3.8, 4) is 11.5 Å². The summed E-state index contributed by atoms with van der Waals surface area (Å²) in [7, 11) is 0. The Labute approximate surface area is 155 Å². The average molecular weight is 368 g/mol. The fraction of sp³-hybridized carbons (Fsp3) is 0.238. The number of carboxylic acids is 1. The predicted molar refractivity (Wildman–Crippen MR) is 100 cm³/mol. The number of rotatable bonds is 8. The second-order valence-electron chi connectivity index (χ2n) is 6.17. The standard InChI is InChI=1S/C21H20O6/c22-19(23)12-11-14-6-1-3-9-17(14)26-13-5-8-16-20(24)15-7-2-4-10-18(15)27-21(16)25/h1-4,6-7,9-10,24H,5,8,11-13H2,(H,22,23). The van der Waals surface area contributed by atoms with Crippen LogP contribution in [0.2, 0.25) is 0 Å². The number of aliphatic carboxylic acids is 1. The van der Waals surface area contributed by atoms with E-state index in [0.717, 1.165) is 5.56 Å². The summed E-state index contributed by atoms with van der Waals surface area (Å²) in [5.74, 6) is -0.277. The van der Waals surface area contributed by atoms with Gasteiger partial charge < -0.3 is 19.4 Å². The van der Waals surface area contributed by atoms with Crippen molar-refractivity contribution in [3.05, 3.63) is 70.1 Å². The van der Waals surface area contributed by atoms with Gasteiger partial charge in [0.15, 0.2) is 0 Å². The first-order chi connectivity index (χ1) is 13.1. The van der Waals surface area contributed by atoms with E-state index in [-0.39, 0.29) is 17.7 Å². The minimum atomic E-state index is -0.858. The molecule has 6 heteroatoms. The monoisotopic (exact) mass is 368 g/mol. The number of ether oxygens (including phenoxy) is 1. The number of carboxylic acid groups (broad SMARTS) is 1. The van der Waals surface area contributed by atoms with Crippen LogP contribution in [-0.2, 0) is 17.6 Å². The van der Waals surface area contributed by atoms with Crippen molar-refractivity contribution in [1.29, 1.82) is 0 Å². The third-order valence-electron chi connectivity index (χ3n) is 4.29. The number of fused-ring (bicyclic) bond motifs is 1.